The first-order valence-corrected chi connectivity index (χ1v) is 5.66. The Hall–Kier alpha value is -1.35. The monoisotopic (exact) mass is 218 g/mol. The van der Waals surface area contributed by atoms with Crippen LogP contribution in [0.4, 0.5) is 0 Å². The Balaban J connectivity index is 2.33. The lowest BCUT2D eigenvalue weighted by molar-refractivity contribution is 0.472. The van der Waals surface area contributed by atoms with Crippen molar-refractivity contribution in [2.75, 3.05) is 0 Å². The maximum absolute atomic E-state index is 5.73. The molecule has 0 radical (unpaired) electrons. The van der Waals surface area contributed by atoms with Crippen molar-refractivity contribution in [3.8, 4) is 0 Å². The molecule has 0 aliphatic carbocycles. The molecule has 3 nitrogen and oxygen atoms in total. The molecule has 2 rings (SSSR count). The van der Waals surface area contributed by atoms with Crippen LogP contribution in [0.15, 0.2) is 16.5 Å². The van der Waals surface area contributed by atoms with Gasteiger partial charge < -0.3 is 9.73 Å². The minimum Gasteiger partial charge on any atom is -0.439 e. The van der Waals surface area contributed by atoms with E-state index >= 15 is 0 Å². The Morgan fingerprint density at radius 2 is 2.06 bits per heavy atom. The molecule has 0 atom stereocenters. The van der Waals surface area contributed by atoms with E-state index in [-0.39, 0.29) is 0 Å². The summed E-state index contributed by atoms with van der Waals surface area (Å²) in [4.78, 5) is 4.48. The van der Waals surface area contributed by atoms with E-state index in [4.69, 9.17) is 4.42 Å². The number of nitrogens with one attached hydrogen (secondary N) is 1. The molecule has 1 N–H and O–H groups in total. The van der Waals surface area contributed by atoms with Gasteiger partial charge in [0.05, 0.1) is 6.54 Å². The number of aromatic nitrogens is 1. The molecule has 1 heterocycles. The molecule has 16 heavy (non-hydrogen) atoms. The normalized spacial score (nSPS) is 11.6. The Morgan fingerprint density at radius 1 is 1.31 bits per heavy atom. The molecule has 3 heteroatoms. The predicted octanol–water partition coefficient (Wildman–Crippen LogP) is 2.94. The molecule has 2 aromatic rings. The van der Waals surface area contributed by atoms with E-state index in [1.54, 1.807) is 0 Å². The van der Waals surface area contributed by atoms with Crippen molar-refractivity contribution in [1.29, 1.82) is 0 Å². The van der Waals surface area contributed by atoms with Crippen LogP contribution in [0, 0.1) is 13.8 Å². The Bertz CT molecular complexity index is 500. The Kier molecular flexibility index (Phi) is 2.97. The maximum atomic E-state index is 5.73. The van der Waals surface area contributed by atoms with Crippen molar-refractivity contribution in [1.82, 2.24) is 10.3 Å². The second-order valence-electron chi connectivity index (χ2n) is 4.57. The number of hydrogen-bond acceptors (Lipinski definition) is 3. The number of rotatable bonds is 3. The van der Waals surface area contributed by atoms with Crippen molar-refractivity contribution < 1.29 is 4.42 Å². The summed E-state index contributed by atoms with van der Waals surface area (Å²) in [6.07, 6.45) is 0. The zero-order valence-corrected chi connectivity index (χ0v) is 10.3. The highest BCUT2D eigenvalue weighted by molar-refractivity contribution is 5.77. The fourth-order valence-electron chi connectivity index (χ4n) is 1.79. The molecule has 0 saturated heterocycles. The highest BCUT2D eigenvalue weighted by atomic mass is 16.3. The highest BCUT2D eigenvalue weighted by Crippen LogP contribution is 2.21. The molecule has 1 aromatic carbocycles. The second kappa shape index (κ2) is 4.26. The minimum atomic E-state index is 0.442. The molecule has 1 aromatic heterocycles. The van der Waals surface area contributed by atoms with Gasteiger partial charge in [0.15, 0.2) is 5.58 Å². The van der Waals surface area contributed by atoms with Crippen molar-refractivity contribution in [3.63, 3.8) is 0 Å². The first-order valence-electron chi connectivity index (χ1n) is 5.66. The molecular weight excluding hydrogens is 200 g/mol. The number of benzene rings is 1. The molecule has 86 valence electrons. The van der Waals surface area contributed by atoms with Gasteiger partial charge in [0.25, 0.3) is 0 Å². The first kappa shape index (κ1) is 11.1. The smallest absolute Gasteiger partial charge is 0.209 e. The second-order valence-corrected chi connectivity index (χ2v) is 4.57. The highest BCUT2D eigenvalue weighted by Gasteiger charge is 2.08. The third-order valence-corrected chi connectivity index (χ3v) is 2.53. The predicted molar refractivity (Wildman–Crippen MR) is 65.5 cm³/mol. The zero-order valence-electron chi connectivity index (χ0n) is 10.3. The van der Waals surface area contributed by atoms with Crippen LogP contribution in [0.5, 0.6) is 0 Å². The number of nitrogens with zero attached hydrogens (tertiary/aromatic N) is 1. The summed E-state index contributed by atoms with van der Waals surface area (Å²) in [6, 6.07) is 4.62. The van der Waals surface area contributed by atoms with Crippen molar-refractivity contribution in [3.05, 3.63) is 29.2 Å². The van der Waals surface area contributed by atoms with Crippen LogP contribution < -0.4 is 5.32 Å². The average molecular weight is 218 g/mol. The first-order chi connectivity index (χ1) is 7.56. The maximum Gasteiger partial charge on any atom is 0.209 e. The van der Waals surface area contributed by atoms with Crippen molar-refractivity contribution in [2.24, 2.45) is 0 Å². The van der Waals surface area contributed by atoms with Gasteiger partial charge in [-0.15, -0.1) is 0 Å². The summed E-state index contributed by atoms with van der Waals surface area (Å²) >= 11 is 0. The number of oxazole rings is 1. The summed E-state index contributed by atoms with van der Waals surface area (Å²) in [5, 5.41) is 3.30. The van der Waals surface area contributed by atoms with Crippen LogP contribution in [0.3, 0.4) is 0 Å². The SMILES string of the molecule is Cc1cc(C)c2oc(CNC(C)C)nc2c1. The third kappa shape index (κ3) is 2.25. The van der Waals surface area contributed by atoms with Crippen molar-refractivity contribution >= 4 is 11.1 Å². The van der Waals surface area contributed by atoms with Crippen LogP contribution in [0.1, 0.15) is 30.9 Å². The van der Waals surface area contributed by atoms with Gasteiger partial charge in [-0.3, -0.25) is 0 Å². The van der Waals surface area contributed by atoms with Gasteiger partial charge in [0, 0.05) is 6.04 Å². The van der Waals surface area contributed by atoms with E-state index in [1.165, 1.54) is 5.56 Å². The lowest BCUT2D eigenvalue weighted by Crippen LogP contribution is -2.21. The summed E-state index contributed by atoms with van der Waals surface area (Å²) in [6.45, 7) is 9.04. The number of aryl methyl sites for hydroxylation is 2. The van der Waals surface area contributed by atoms with Crippen LogP contribution in [0.2, 0.25) is 0 Å². The quantitative estimate of drug-likeness (QED) is 0.860. The van der Waals surface area contributed by atoms with E-state index in [0.717, 1.165) is 22.6 Å². The molecule has 0 unspecified atom stereocenters. The fourth-order valence-corrected chi connectivity index (χ4v) is 1.79. The Morgan fingerprint density at radius 3 is 2.75 bits per heavy atom. The standard InChI is InChI=1S/C13H18N2O/c1-8(2)14-7-12-15-11-6-9(3)5-10(4)13(11)16-12/h5-6,8,14H,7H2,1-4H3. The number of fused-ring (bicyclic) bond motifs is 1. The minimum absolute atomic E-state index is 0.442. The van der Waals surface area contributed by atoms with E-state index in [1.807, 2.05) is 0 Å². The fraction of sp³-hybridized carbons (Fsp3) is 0.462. The molecule has 0 bridgehead atoms. The number of hydrogen-bond donors (Lipinski definition) is 1. The summed E-state index contributed by atoms with van der Waals surface area (Å²) in [7, 11) is 0. The van der Waals surface area contributed by atoms with Crippen molar-refractivity contribution in [2.45, 2.75) is 40.3 Å². The van der Waals surface area contributed by atoms with Gasteiger partial charge in [0.1, 0.15) is 5.52 Å². The largest absolute Gasteiger partial charge is 0.439 e. The Labute approximate surface area is 95.9 Å². The lowest BCUT2D eigenvalue weighted by Gasteiger charge is -2.03. The van der Waals surface area contributed by atoms with Crippen LogP contribution in [0.25, 0.3) is 11.1 Å². The van der Waals surface area contributed by atoms with Gasteiger partial charge in [-0.2, -0.15) is 0 Å². The van der Waals surface area contributed by atoms with Gasteiger partial charge in [-0.05, 0) is 31.0 Å². The van der Waals surface area contributed by atoms with Crippen LogP contribution >= 0.6 is 0 Å². The van der Waals surface area contributed by atoms with Gasteiger partial charge in [-0.1, -0.05) is 19.9 Å². The van der Waals surface area contributed by atoms with Gasteiger partial charge in [-0.25, -0.2) is 4.98 Å². The molecule has 0 fully saturated rings. The molecule has 0 aliphatic rings. The van der Waals surface area contributed by atoms with Gasteiger partial charge in [0.2, 0.25) is 5.89 Å². The van der Waals surface area contributed by atoms with E-state index in [2.05, 4.69) is 50.1 Å². The average Bonchev–Trinajstić information content (AvgIpc) is 2.57. The zero-order chi connectivity index (χ0) is 11.7. The van der Waals surface area contributed by atoms with E-state index < -0.39 is 0 Å². The third-order valence-electron chi connectivity index (χ3n) is 2.53. The molecule has 0 spiro atoms. The topological polar surface area (TPSA) is 38.1 Å². The van der Waals surface area contributed by atoms with Crippen LogP contribution in [-0.2, 0) is 6.54 Å². The summed E-state index contributed by atoms with van der Waals surface area (Å²) in [5.74, 6) is 0.761. The molecular formula is C13H18N2O. The molecule has 0 saturated carbocycles. The van der Waals surface area contributed by atoms with E-state index in [0.29, 0.717) is 12.6 Å². The summed E-state index contributed by atoms with van der Waals surface area (Å²) in [5.41, 5.74) is 4.24. The molecule has 0 amide bonds. The lowest BCUT2D eigenvalue weighted by atomic mass is 10.1. The van der Waals surface area contributed by atoms with Crippen LogP contribution in [-0.4, -0.2) is 11.0 Å². The molecule has 0 aliphatic heterocycles. The van der Waals surface area contributed by atoms with E-state index in [9.17, 15) is 0 Å². The van der Waals surface area contributed by atoms with Gasteiger partial charge >= 0.3 is 0 Å². The summed E-state index contributed by atoms with van der Waals surface area (Å²) < 4.78 is 5.73.